The van der Waals surface area contributed by atoms with Crippen molar-refractivity contribution >= 4 is 0 Å². The molecule has 1 rings (SSSR count). The van der Waals surface area contributed by atoms with Crippen molar-refractivity contribution in [3.05, 3.63) is 18.2 Å². The van der Waals surface area contributed by atoms with Gasteiger partial charge in [-0.05, 0) is 13.8 Å². The molecule has 0 amide bonds. The highest BCUT2D eigenvalue weighted by atomic mass is 16.5. The van der Waals surface area contributed by atoms with Crippen molar-refractivity contribution in [2.45, 2.75) is 26.5 Å². The summed E-state index contributed by atoms with van der Waals surface area (Å²) < 4.78 is 7.12. The first-order valence-corrected chi connectivity index (χ1v) is 3.75. The highest BCUT2D eigenvalue weighted by Crippen LogP contribution is 2.08. The Kier molecular flexibility index (Phi) is 2.65. The Labute approximate surface area is 67.0 Å². The standard InChI is InChI=1S/C8H14N2O/c1-7(2)10-6-9-4-8(10)5-11-3/h4,6-7H,5H2,1-3H3. The van der Waals surface area contributed by atoms with Crippen LogP contribution < -0.4 is 0 Å². The van der Waals surface area contributed by atoms with Gasteiger partial charge in [0.1, 0.15) is 0 Å². The van der Waals surface area contributed by atoms with Gasteiger partial charge in [0.25, 0.3) is 0 Å². The van der Waals surface area contributed by atoms with E-state index in [4.69, 9.17) is 4.74 Å². The molecule has 62 valence electrons. The fourth-order valence-corrected chi connectivity index (χ4v) is 1.06. The summed E-state index contributed by atoms with van der Waals surface area (Å²) in [7, 11) is 1.69. The molecule has 0 aliphatic heterocycles. The molecular weight excluding hydrogens is 140 g/mol. The Balaban J connectivity index is 2.78. The van der Waals surface area contributed by atoms with E-state index in [9.17, 15) is 0 Å². The van der Waals surface area contributed by atoms with E-state index in [2.05, 4.69) is 23.4 Å². The summed E-state index contributed by atoms with van der Waals surface area (Å²) in [5.74, 6) is 0. The summed E-state index contributed by atoms with van der Waals surface area (Å²) >= 11 is 0. The quantitative estimate of drug-likeness (QED) is 0.661. The molecule has 0 aliphatic carbocycles. The number of aromatic nitrogens is 2. The van der Waals surface area contributed by atoms with E-state index in [1.165, 1.54) is 0 Å². The van der Waals surface area contributed by atoms with E-state index in [1.807, 2.05) is 12.5 Å². The molecule has 1 aromatic heterocycles. The molecule has 0 bridgehead atoms. The molecule has 3 heteroatoms. The topological polar surface area (TPSA) is 27.1 Å². The Morgan fingerprint density at radius 3 is 2.91 bits per heavy atom. The van der Waals surface area contributed by atoms with Crippen LogP contribution in [0.2, 0.25) is 0 Å². The van der Waals surface area contributed by atoms with Crippen LogP contribution in [0.3, 0.4) is 0 Å². The molecule has 0 saturated carbocycles. The Bertz CT molecular complexity index is 218. The third-order valence-electron chi connectivity index (χ3n) is 1.59. The van der Waals surface area contributed by atoms with Crippen LogP contribution in [0.1, 0.15) is 25.6 Å². The van der Waals surface area contributed by atoms with Gasteiger partial charge in [-0.1, -0.05) is 0 Å². The summed E-state index contributed by atoms with van der Waals surface area (Å²) in [6, 6.07) is 0.461. The second-order valence-corrected chi connectivity index (χ2v) is 2.82. The van der Waals surface area contributed by atoms with Gasteiger partial charge in [-0.25, -0.2) is 4.98 Å². The zero-order valence-corrected chi connectivity index (χ0v) is 7.24. The Morgan fingerprint density at radius 2 is 2.36 bits per heavy atom. The molecule has 0 aliphatic rings. The zero-order chi connectivity index (χ0) is 8.27. The molecule has 0 atom stereocenters. The first-order valence-electron chi connectivity index (χ1n) is 3.75. The van der Waals surface area contributed by atoms with Gasteiger partial charge in [0.2, 0.25) is 0 Å². The predicted octanol–water partition coefficient (Wildman–Crippen LogP) is 1.61. The Hall–Kier alpha value is -0.830. The van der Waals surface area contributed by atoms with Gasteiger partial charge in [-0.3, -0.25) is 0 Å². The van der Waals surface area contributed by atoms with Gasteiger partial charge in [0.15, 0.2) is 0 Å². The maximum atomic E-state index is 5.02. The smallest absolute Gasteiger partial charge is 0.0951 e. The molecule has 11 heavy (non-hydrogen) atoms. The lowest BCUT2D eigenvalue weighted by Crippen LogP contribution is -2.04. The van der Waals surface area contributed by atoms with Crippen LogP contribution >= 0.6 is 0 Å². The van der Waals surface area contributed by atoms with Crippen LogP contribution in [0.5, 0.6) is 0 Å². The number of hydrogen-bond acceptors (Lipinski definition) is 2. The molecule has 0 aromatic carbocycles. The van der Waals surface area contributed by atoms with Crippen molar-refractivity contribution in [3.8, 4) is 0 Å². The van der Waals surface area contributed by atoms with Crippen LogP contribution in [0.15, 0.2) is 12.5 Å². The number of nitrogens with zero attached hydrogens (tertiary/aromatic N) is 2. The maximum absolute atomic E-state index is 5.02. The molecule has 0 radical (unpaired) electrons. The summed E-state index contributed by atoms with van der Waals surface area (Å²) in [6.45, 7) is 4.89. The Morgan fingerprint density at radius 1 is 1.64 bits per heavy atom. The third-order valence-corrected chi connectivity index (χ3v) is 1.59. The van der Waals surface area contributed by atoms with E-state index in [0.717, 1.165) is 5.69 Å². The number of rotatable bonds is 3. The van der Waals surface area contributed by atoms with E-state index in [0.29, 0.717) is 12.6 Å². The number of methoxy groups -OCH3 is 1. The van der Waals surface area contributed by atoms with Gasteiger partial charge in [0.05, 0.1) is 24.8 Å². The molecule has 1 aromatic rings. The van der Waals surface area contributed by atoms with Gasteiger partial charge < -0.3 is 9.30 Å². The number of ether oxygens (including phenoxy) is 1. The van der Waals surface area contributed by atoms with Gasteiger partial charge in [-0.15, -0.1) is 0 Å². The van der Waals surface area contributed by atoms with Crippen molar-refractivity contribution in [3.63, 3.8) is 0 Å². The highest BCUT2D eigenvalue weighted by molar-refractivity contribution is 4.97. The molecular formula is C8H14N2O. The average Bonchev–Trinajstić information content (AvgIpc) is 2.36. The molecule has 0 N–H and O–H groups in total. The lowest BCUT2D eigenvalue weighted by Gasteiger charge is -2.10. The SMILES string of the molecule is COCc1cncn1C(C)C. The number of imidazole rings is 1. The minimum absolute atomic E-state index is 0.461. The average molecular weight is 154 g/mol. The monoisotopic (exact) mass is 154 g/mol. The van der Waals surface area contributed by atoms with E-state index in [1.54, 1.807) is 7.11 Å². The van der Waals surface area contributed by atoms with Gasteiger partial charge in [-0.2, -0.15) is 0 Å². The molecule has 3 nitrogen and oxygen atoms in total. The van der Waals surface area contributed by atoms with Crippen molar-refractivity contribution in [2.75, 3.05) is 7.11 Å². The van der Waals surface area contributed by atoms with Gasteiger partial charge in [0, 0.05) is 13.2 Å². The van der Waals surface area contributed by atoms with Crippen molar-refractivity contribution < 1.29 is 4.74 Å². The van der Waals surface area contributed by atoms with Crippen LogP contribution in [-0.2, 0) is 11.3 Å². The van der Waals surface area contributed by atoms with Crippen molar-refractivity contribution in [1.29, 1.82) is 0 Å². The normalized spacial score (nSPS) is 10.9. The van der Waals surface area contributed by atoms with Crippen molar-refractivity contribution in [1.82, 2.24) is 9.55 Å². The molecule has 0 spiro atoms. The van der Waals surface area contributed by atoms with Crippen LogP contribution in [-0.4, -0.2) is 16.7 Å². The van der Waals surface area contributed by atoms with Crippen molar-refractivity contribution in [2.24, 2.45) is 0 Å². The largest absolute Gasteiger partial charge is 0.378 e. The second kappa shape index (κ2) is 3.53. The van der Waals surface area contributed by atoms with Crippen LogP contribution in [0.4, 0.5) is 0 Å². The van der Waals surface area contributed by atoms with E-state index in [-0.39, 0.29) is 0 Å². The summed E-state index contributed by atoms with van der Waals surface area (Å²) in [4.78, 5) is 4.04. The predicted molar refractivity (Wildman–Crippen MR) is 43.3 cm³/mol. The highest BCUT2D eigenvalue weighted by Gasteiger charge is 2.03. The van der Waals surface area contributed by atoms with Gasteiger partial charge >= 0.3 is 0 Å². The summed E-state index contributed by atoms with van der Waals surface area (Å²) in [5, 5.41) is 0. The van der Waals surface area contributed by atoms with Crippen LogP contribution in [0.25, 0.3) is 0 Å². The zero-order valence-electron chi connectivity index (χ0n) is 7.24. The molecule has 0 unspecified atom stereocenters. The minimum Gasteiger partial charge on any atom is -0.378 e. The van der Waals surface area contributed by atoms with Crippen LogP contribution in [0, 0.1) is 0 Å². The maximum Gasteiger partial charge on any atom is 0.0951 e. The molecule has 0 fully saturated rings. The summed E-state index contributed by atoms with van der Waals surface area (Å²) in [5.41, 5.74) is 1.13. The first kappa shape index (κ1) is 8.27. The fraction of sp³-hybridized carbons (Fsp3) is 0.625. The molecule has 1 heterocycles. The van der Waals surface area contributed by atoms with E-state index < -0.39 is 0 Å². The first-order chi connectivity index (χ1) is 5.25. The second-order valence-electron chi connectivity index (χ2n) is 2.82. The lowest BCUT2D eigenvalue weighted by atomic mass is 10.3. The summed E-state index contributed by atoms with van der Waals surface area (Å²) in [6.07, 6.45) is 3.67. The van der Waals surface area contributed by atoms with E-state index >= 15 is 0 Å². The number of hydrogen-bond donors (Lipinski definition) is 0. The third kappa shape index (κ3) is 1.80. The lowest BCUT2D eigenvalue weighted by molar-refractivity contribution is 0.177. The molecule has 0 saturated heterocycles. The minimum atomic E-state index is 0.461. The fourth-order valence-electron chi connectivity index (χ4n) is 1.06.